The van der Waals surface area contributed by atoms with E-state index in [1.165, 1.54) is 51.3 Å². The van der Waals surface area contributed by atoms with Crippen LogP contribution in [0.4, 0.5) is 0 Å². The van der Waals surface area contributed by atoms with Crippen molar-refractivity contribution in [2.75, 3.05) is 6.61 Å². The molecular weight excluding hydrogens is 769 g/mol. The Kier molecular flexibility index (Phi) is 10.3. The number of phenolic OH excluding ortho intramolecular Hbond substituents is 2. The van der Waals surface area contributed by atoms with E-state index in [4.69, 9.17) is 23.9 Å². The van der Waals surface area contributed by atoms with Gasteiger partial charge in [-0.3, -0.25) is 19.2 Å². The minimum Gasteiger partial charge on any atom is -0.504 e. The molecule has 2 saturated heterocycles. The van der Waals surface area contributed by atoms with Gasteiger partial charge in [0.2, 0.25) is 5.60 Å². The smallest absolute Gasteiger partial charge is 0.375 e. The van der Waals surface area contributed by atoms with E-state index in [-0.39, 0.29) is 15.7 Å². The fourth-order valence-electron chi connectivity index (χ4n) is 5.60. The van der Waals surface area contributed by atoms with E-state index in [9.17, 15) is 47.4 Å². The van der Waals surface area contributed by atoms with Crippen molar-refractivity contribution in [3.63, 3.8) is 0 Å². The summed E-state index contributed by atoms with van der Waals surface area (Å²) in [5, 5.41) is 26.3. The van der Waals surface area contributed by atoms with Crippen LogP contribution in [-0.4, -0.2) is 109 Å². The summed E-state index contributed by atoms with van der Waals surface area (Å²) >= 11 is 1.19. The standard InChI is InChI=1S/C34H40N4O15S2/c1-16-35-19(15-54-16)25(36-53-33(8,9)29(45)51-31(2,3)4)23(41)10-17-14-49-38(26(17)42)34(30(46)52-32(5,6)7)13-20(28(44)50-34)37-27(43)18-11-21(39)22(40)12-24(18)55(37,47)48/h11-12,15,17,20,39-40H,10,13-14H2,1-9H3/b36-25-/t17-,20-,34?/m0/s1. The summed E-state index contributed by atoms with van der Waals surface area (Å²) in [6, 6.07) is -0.729. The van der Waals surface area contributed by atoms with Crippen LogP contribution in [0.15, 0.2) is 27.6 Å². The number of oxime groups is 1. The molecule has 2 amide bonds. The number of carbonyl (C=O) groups is 6. The predicted octanol–water partition coefficient (Wildman–Crippen LogP) is 2.25. The van der Waals surface area contributed by atoms with Gasteiger partial charge in [0.1, 0.15) is 21.8 Å². The highest BCUT2D eigenvalue weighted by Gasteiger charge is 2.66. The number of hydroxylamine groups is 2. The first kappa shape index (κ1) is 41.0. The second-order valence-electron chi connectivity index (χ2n) is 15.4. The molecule has 3 aliphatic heterocycles. The van der Waals surface area contributed by atoms with Crippen molar-refractivity contribution in [1.29, 1.82) is 0 Å². The molecule has 2 aromatic rings. The normalized spacial score (nSPS) is 22.8. The number of aryl methyl sites for hydroxylation is 1. The van der Waals surface area contributed by atoms with Gasteiger partial charge in [-0.1, -0.05) is 5.16 Å². The number of thiazole rings is 1. The molecule has 21 heteroatoms. The van der Waals surface area contributed by atoms with Gasteiger partial charge >= 0.3 is 23.6 Å². The van der Waals surface area contributed by atoms with Crippen molar-refractivity contribution in [3.05, 3.63) is 33.8 Å². The number of cyclic esters (lactones) is 1. The molecule has 19 nitrogen and oxygen atoms in total. The first-order chi connectivity index (χ1) is 25.2. The number of hydrogen-bond donors (Lipinski definition) is 2. The lowest BCUT2D eigenvalue weighted by atomic mass is 9.98. The second-order valence-corrected chi connectivity index (χ2v) is 18.3. The summed E-state index contributed by atoms with van der Waals surface area (Å²) in [4.78, 5) is 96.1. The number of ketones is 1. The Balaban J connectivity index is 1.44. The van der Waals surface area contributed by atoms with Crippen molar-refractivity contribution in [2.45, 2.75) is 109 Å². The molecule has 2 N–H and O–H groups in total. The maximum absolute atomic E-state index is 14.0. The number of benzene rings is 1. The number of ether oxygens (including phenoxy) is 3. The highest BCUT2D eigenvalue weighted by molar-refractivity contribution is 7.90. The van der Waals surface area contributed by atoms with Gasteiger partial charge in [0.15, 0.2) is 29.0 Å². The fraction of sp³-hybridized carbons (Fsp3) is 0.529. The van der Waals surface area contributed by atoms with Crippen molar-refractivity contribution in [1.82, 2.24) is 14.4 Å². The van der Waals surface area contributed by atoms with E-state index in [1.807, 2.05) is 0 Å². The minimum atomic E-state index is -4.88. The Morgan fingerprint density at radius 3 is 2.22 bits per heavy atom. The third-order valence-electron chi connectivity index (χ3n) is 8.15. The SMILES string of the molecule is Cc1nc(/C(=N/OC(C)(C)C(=O)OC(C)(C)C)C(=O)C[C@H]2CON(C3(C(=O)OC(C)(C)C)C[C@H](N4C(=O)c5cc(O)c(O)cc5S4(=O)=O)C(=O)O3)C2=O)cs1. The lowest BCUT2D eigenvalue weighted by molar-refractivity contribution is -0.263. The molecule has 5 rings (SSSR count). The summed E-state index contributed by atoms with van der Waals surface area (Å²) in [7, 11) is -4.88. The number of phenols is 2. The topological polar surface area (TPSA) is 255 Å². The number of fused-ring (bicyclic) bond motifs is 1. The van der Waals surface area contributed by atoms with E-state index in [1.54, 1.807) is 27.7 Å². The molecule has 55 heavy (non-hydrogen) atoms. The number of aromatic nitrogens is 1. The van der Waals surface area contributed by atoms with E-state index in [0.29, 0.717) is 22.2 Å². The third kappa shape index (κ3) is 7.85. The van der Waals surface area contributed by atoms with Gasteiger partial charge in [-0.15, -0.1) is 11.3 Å². The zero-order valence-corrected chi connectivity index (χ0v) is 32.9. The molecule has 0 bridgehead atoms. The number of carbonyl (C=O) groups excluding carboxylic acids is 6. The zero-order valence-electron chi connectivity index (χ0n) is 31.3. The average molecular weight is 809 g/mol. The second kappa shape index (κ2) is 13.9. The monoisotopic (exact) mass is 808 g/mol. The van der Waals surface area contributed by atoms with Crippen LogP contribution in [0.3, 0.4) is 0 Å². The number of amides is 2. The van der Waals surface area contributed by atoms with Crippen LogP contribution in [-0.2, 0) is 57.9 Å². The van der Waals surface area contributed by atoms with Gasteiger partial charge in [-0.05, 0) is 68.4 Å². The van der Waals surface area contributed by atoms with Gasteiger partial charge in [-0.25, -0.2) is 32.1 Å². The third-order valence-corrected chi connectivity index (χ3v) is 10.8. The molecule has 1 aromatic heterocycles. The van der Waals surface area contributed by atoms with E-state index in [2.05, 4.69) is 10.1 Å². The first-order valence-electron chi connectivity index (χ1n) is 16.7. The summed E-state index contributed by atoms with van der Waals surface area (Å²) in [6.07, 6.45) is -1.62. The summed E-state index contributed by atoms with van der Waals surface area (Å²) in [5.41, 5.74) is -7.41. The molecule has 4 heterocycles. The highest BCUT2D eigenvalue weighted by Crippen LogP contribution is 2.45. The van der Waals surface area contributed by atoms with Crippen molar-refractivity contribution in [2.24, 2.45) is 11.1 Å². The lowest BCUT2D eigenvalue weighted by Gasteiger charge is -2.35. The van der Waals surface area contributed by atoms with Crippen molar-refractivity contribution < 1.29 is 71.3 Å². The molecular formula is C34H40N4O15S2. The Hall–Kier alpha value is -5.15. The Labute approximate surface area is 319 Å². The van der Waals surface area contributed by atoms with Crippen molar-refractivity contribution >= 4 is 62.6 Å². The minimum absolute atomic E-state index is 0.0765. The maximum Gasteiger partial charge on any atom is 0.375 e. The molecule has 298 valence electrons. The van der Waals surface area contributed by atoms with Gasteiger partial charge in [0.05, 0.1) is 29.5 Å². The number of nitrogens with zero attached hydrogens (tertiary/aromatic N) is 4. The molecule has 0 aliphatic carbocycles. The quantitative estimate of drug-likeness (QED) is 0.115. The zero-order chi connectivity index (χ0) is 41.2. The van der Waals surface area contributed by atoms with Gasteiger partial charge in [0, 0.05) is 17.9 Å². The van der Waals surface area contributed by atoms with E-state index < -0.39 is 121 Å². The first-order valence-corrected chi connectivity index (χ1v) is 19.0. The maximum atomic E-state index is 14.0. The molecule has 0 saturated carbocycles. The van der Waals surface area contributed by atoms with Gasteiger partial charge in [-0.2, -0.15) is 5.06 Å². The van der Waals surface area contributed by atoms with Crippen LogP contribution in [0.25, 0.3) is 0 Å². The van der Waals surface area contributed by atoms with Gasteiger partial charge < -0.3 is 29.3 Å². The lowest BCUT2D eigenvalue weighted by Crippen LogP contribution is -2.57. The molecule has 3 aliphatic rings. The van der Waals surface area contributed by atoms with E-state index >= 15 is 0 Å². The number of sulfonamides is 1. The van der Waals surface area contributed by atoms with E-state index in [0.717, 1.165) is 0 Å². The van der Waals surface area contributed by atoms with Crippen LogP contribution in [0, 0.1) is 12.8 Å². The molecule has 0 spiro atoms. The average Bonchev–Trinajstić information content (AvgIpc) is 3.77. The largest absolute Gasteiger partial charge is 0.504 e. The molecule has 3 atom stereocenters. The molecule has 1 unspecified atom stereocenters. The number of Topliss-reactive ketones (excluding diaryl/α,β-unsaturated/α-hetero) is 1. The number of hydrogen-bond acceptors (Lipinski definition) is 18. The predicted molar refractivity (Wildman–Crippen MR) is 187 cm³/mol. The summed E-state index contributed by atoms with van der Waals surface area (Å²) in [5.74, 6) is -9.71. The Morgan fingerprint density at radius 1 is 1.02 bits per heavy atom. The van der Waals surface area contributed by atoms with Crippen molar-refractivity contribution in [3.8, 4) is 11.5 Å². The van der Waals surface area contributed by atoms with Crippen LogP contribution < -0.4 is 0 Å². The summed E-state index contributed by atoms with van der Waals surface area (Å²) < 4.78 is 43.6. The molecule has 0 radical (unpaired) electrons. The van der Waals surface area contributed by atoms with Crippen LogP contribution in [0.2, 0.25) is 0 Å². The Bertz CT molecular complexity index is 2130. The molecule has 1 aromatic carbocycles. The Morgan fingerprint density at radius 2 is 1.64 bits per heavy atom. The van der Waals surface area contributed by atoms with Crippen LogP contribution in [0.1, 0.15) is 89.3 Å². The number of rotatable bonds is 10. The van der Waals surface area contributed by atoms with Crippen LogP contribution >= 0.6 is 11.3 Å². The van der Waals surface area contributed by atoms with Gasteiger partial charge in [0.25, 0.3) is 21.8 Å². The molecule has 2 fully saturated rings. The number of aromatic hydroxyl groups is 2. The van der Waals surface area contributed by atoms with Crippen LogP contribution in [0.5, 0.6) is 11.5 Å². The summed E-state index contributed by atoms with van der Waals surface area (Å²) in [6.45, 7) is 13.3. The highest BCUT2D eigenvalue weighted by atomic mass is 32.2. The fourth-order valence-corrected chi connectivity index (χ4v) is 7.90. The number of esters is 3.